The van der Waals surface area contributed by atoms with Gasteiger partial charge >= 0.3 is 0 Å². The van der Waals surface area contributed by atoms with Crippen molar-refractivity contribution >= 4 is 11.0 Å². The van der Waals surface area contributed by atoms with Crippen LogP contribution in [0, 0.1) is 17.8 Å². The molecule has 3 heteroatoms. The molecule has 1 aromatic heterocycles. The molecular weight excluding hydrogens is 246 g/mol. The van der Waals surface area contributed by atoms with Crippen molar-refractivity contribution in [2.24, 2.45) is 23.5 Å². The third kappa shape index (κ3) is 2.01. The van der Waals surface area contributed by atoms with Crippen LogP contribution in [0.2, 0.25) is 0 Å². The standard InChI is InChI=1S/C17H21N3/c18-15(10-13-9-11-4-5-12(13)8-11)14-2-1-3-16-17(14)20-7-6-19-16/h1-3,6-7,11-13,15H,4-5,8-10,18H2. The van der Waals surface area contributed by atoms with Gasteiger partial charge in [0.2, 0.25) is 0 Å². The van der Waals surface area contributed by atoms with Crippen LogP contribution in [0.3, 0.4) is 0 Å². The molecule has 0 saturated heterocycles. The zero-order valence-corrected chi connectivity index (χ0v) is 11.7. The van der Waals surface area contributed by atoms with E-state index in [1.807, 2.05) is 12.1 Å². The molecule has 1 heterocycles. The van der Waals surface area contributed by atoms with Gasteiger partial charge in [-0.05, 0) is 55.1 Å². The molecule has 20 heavy (non-hydrogen) atoms. The topological polar surface area (TPSA) is 51.8 Å². The fraction of sp³-hybridized carbons (Fsp3) is 0.529. The molecule has 2 aromatic rings. The number of fused-ring (bicyclic) bond motifs is 3. The Labute approximate surface area is 119 Å². The van der Waals surface area contributed by atoms with Gasteiger partial charge in [0.25, 0.3) is 0 Å². The van der Waals surface area contributed by atoms with Gasteiger partial charge in [0, 0.05) is 18.4 Å². The predicted octanol–water partition coefficient (Wildman–Crippen LogP) is 3.46. The minimum absolute atomic E-state index is 0.0970. The van der Waals surface area contributed by atoms with Gasteiger partial charge in [-0.15, -0.1) is 0 Å². The van der Waals surface area contributed by atoms with Gasteiger partial charge in [-0.2, -0.15) is 0 Å². The van der Waals surface area contributed by atoms with Crippen LogP contribution in [-0.4, -0.2) is 9.97 Å². The summed E-state index contributed by atoms with van der Waals surface area (Å²) in [6.45, 7) is 0. The molecule has 2 fully saturated rings. The first-order valence-corrected chi connectivity index (χ1v) is 7.76. The molecule has 4 unspecified atom stereocenters. The second kappa shape index (κ2) is 4.81. The zero-order chi connectivity index (χ0) is 13.5. The van der Waals surface area contributed by atoms with E-state index >= 15 is 0 Å². The van der Waals surface area contributed by atoms with E-state index in [0.29, 0.717) is 0 Å². The molecular formula is C17H21N3. The Balaban J connectivity index is 1.59. The second-order valence-electron chi connectivity index (χ2n) is 6.55. The minimum atomic E-state index is 0.0970. The number of benzene rings is 1. The van der Waals surface area contributed by atoms with Crippen LogP contribution in [0.4, 0.5) is 0 Å². The Morgan fingerprint density at radius 3 is 2.85 bits per heavy atom. The fourth-order valence-electron chi connectivity index (χ4n) is 4.43. The first-order chi connectivity index (χ1) is 9.81. The van der Waals surface area contributed by atoms with E-state index in [1.165, 1.54) is 31.2 Å². The number of hydrogen-bond acceptors (Lipinski definition) is 3. The normalized spacial score (nSPS) is 29.9. The molecule has 1 aromatic carbocycles. The van der Waals surface area contributed by atoms with Gasteiger partial charge in [0.15, 0.2) is 0 Å². The van der Waals surface area contributed by atoms with Gasteiger partial charge < -0.3 is 5.73 Å². The molecule has 4 atom stereocenters. The molecule has 0 spiro atoms. The predicted molar refractivity (Wildman–Crippen MR) is 80.0 cm³/mol. The molecule has 2 N–H and O–H groups in total. The molecule has 2 aliphatic carbocycles. The number of nitrogens with two attached hydrogens (primary N) is 1. The highest BCUT2D eigenvalue weighted by Gasteiger charge is 2.39. The average molecular weight is 267 g/mol. The van der Waals surface area contributed by atoms with Crippen LogP contribution < -0.4 is 5.73 Å². The van der Waals surface area contributed by atoms with E-state index in [2.05, 4.69) is 16.0 Å². The lowest BCUT2D eigenvalue weighted by Gasteiger charge is -2.25. The average Bonchev–Trinajstić information content (AvgIpc) is 3.09. The Bertz CT molecular complexity index is 619. The summed E-state index contributed by atoms with van der Waals surface area (Å²) >= 11 is 0. The quantitative estimate of drug-likeness (QED) is 0.926. The van der Waals surface area contributed by atoms with Crippen LogP contribution in [0.25, 0.3) is 11.0 Å². The Hall–Kier alpha value is -1.48. The van der Waals surface area contributed by atoms with Crippen LogP contribution in [0.15, 0.2) is 30.6 Å². The SMILES string of the molecule is NC(CC1CC2CCC1C2)c1cccc2nccnc12. The number of para-hydroxylation sites is 1. The van der Waals surface area contributed by atoms with Crippen molar-refractivity contribution in [2.45, 2.75) is 38.1 Å². The van der Waals surface area contributed by atoms with Gasteiger partial charge in [0.05, 0.1) is 11.0 Å². The van der Waals surface area contributed by atoms with Gasteiger partial charge in [-0.1, -0.05) is 18.6 Å². The Morgan fingerprint density at radius 1 is 1.15 bits per heavy atom. The highest BCUT2D eigenvalue weighted by molar-refractivity contribution is 5.77. The largest absolute Gasteiger partial charge is 0.324 e. The van der Waals surface area contributed by atoms with E-state index in [4.69, 9.17) is 5.73 Å². The molecule has 2 bridgehead atoms. The van der Waals surface area contributed by atoms with Crippen molar-refractivity contribution in [3.8, 4) is 0 Å². The van der Waals surface area contributed by atoms with Crippen molar-refractivity contribution < 1.29 is 0 Å². The van der Waals surface area contributed by atoms with Crippen LogP contribution in [-0.2, 0) is 0 Å². The van der Waals surface area contributed by atoms with Crippen molar-refractivity contribution in [2.75, 3.05) is 0 Å². The van der Waals surface area contributed by atoms with Crippen molar-refractivity contribution in [3.63, 3.8) is 0 Å². The van der Waals surface area contributed by atoms with E-state index in [9.17, 15) is 0 Å². The molecule has 0 aliphatic heterocycles. The Morgan fingerprint density at radius 2 is 2.05 bits per heavy atom. The summed E-state index contributed by atoms with van der Waals surface area (Å²) in [7, 11) is 0. The van der Waals surface area contributed by atoms with Gasteiger partial charge in [0.1, 0.15) is 0 Å². The number of nitrogens with zero attached hydrogens (tertiary/aromatic N) is 2. The maximum absolute atomic E-state index is 6.50. The summed E-state index contributed by atoms with van der Waals surface area (Å²) in [6.07, 6.45) is 10.3. The lowest BCUT2D eigenvalue weighted by molar-refractivity contribution is 0.296. The lowest BCUT2D eigenvalue weighted by atomic mass is 9.83. The van der Waals surface area contributed by atoms with Gasteiger partial charge in [-0.25, -0.2) is 0 Å². The number of aromatic nitrogens is 2. The van der Waals surface area contributed by atoms with Crippen LogP contribution in [0.5, 0.6) is 0 Å². The summed E-state index contributed by atoms with van der Waals surface area (Å²) < 4.78 is 0. The zero-order valence-electron chi connectivity index (χ0n) is 11.7. The first kappa shape index (κ1) is 12.3. The smallest absolute Gasteiger partial charge is 0.0934 e. The molecule has 104 valence electrons. The van der Waals surface area contributed by atoms with E-state index in [-0.39, 0.29) is 6.04 Å². The number of hydrogen-bond donors (Lipinski definition) is 1. The number of rotatable bonds is 3. The van der Waals surface area contributed by atoms with E-state index in [0.717, 1.165) is 35.2 Å². The third-order valence-corrected chi connectivity index (χ3v) is 5.37. The lowest BCUT2D eigenvalue weighted by Crippen LogP contribution is -2.20. The Kier molecular flexibility index (Phi) is 2.95. The molecule has 0 radical (unpaired) electrons. The van der Waals surface area contributed by atoms with Crippen molar-refractivity contribution in [3.05, 3.63) is 36.2 Å². The fourth-order valence-corrected chi connectivity index (χ4v) is 4.43. The second-order valence-corrected chi connectivity index (χ2v) is 6.55. The summed E-state index contributed by atoms with van der Waals surface area (Å²) in [5.41, 5.74) is 9.60. The summed E-state index contributed by atoms with van der Waals surface area (Å²) in [5.74, 6) is 2.76. The van der Waals surface area contributed by atoms with E-state index < -0.39 is 0 Å². The van der Waals surface area contributed by atoms with Crippen molar-refractivity contribution in [1.29, 1.82) is 0 Å². The maximum Gasteiger partial charge on any atom is 0.0934 e. The van der Waals surface area contributed by atoms with Crippen molar-refractivity contribution in [1.82, 2.24) is 9.97 Å². The maximum atomic E-state index is 6.50. The highest BCUT2D eigenvalue weighted by Crippen LogP contribution is 2.50. The third-order valence-electron chi connectivity index (χ3n) is 5.37. The molecule has 2 aliphatic rings. The molecule has 0 amide bonds. The van der Waals surface area contributed by atoms with Gasteiger partial charge in [-0.3, -0.25) is 9.97 Å². The molecule has 4 rings (SSSR count). The van der Waals surface area contributed by atoms with Crippen LogP contribution in [0.1, 0.15) is 43.7 Å². The molecule has 3 nitrogen and oxygen atoms in total. The monoisotopic (exact) mass is 267 g/mol. The highest BCUT2D eigenvalue weighted by atomic mass is 14.8. The van der Waals surface area contributed by atoms with Crippen LogP contribution >= 0.6 is 0 Å². The summed E-state index contributed by atoms with van der Waals surface area (Å²) in [5, 5.41) is 0. The first-order valence-electron chi connectivity index (χ1n) is 7.76. The summed E-state index contributed by atoms with van der Waals surface area (Å²) in [4.78, 5) is 8.86. The summed E-state index contributed by atoms with van der Waals surface area (Å²) in [6, 6.07) is 6.28. The van der Waals surface area contributed by atoms with E-state index in [1.54, 1.807) is 12.4 Å². The minimum Gasteiger partial charge on any atom is -0.324 e. The molecule has 2 saturated carbocycles.